The largest absolute Gasteiger partial charge is 0.480 e. The molecule has 3 N–H and O–H groups in total. The lowest BCUT2D eigenvalue weighted by atomic mass is 10.5. The SMILES string of the molecule is Cn1c(O)nc2oc(N)cc21. The topological polar surface area (TPSA) is 77.2 Å². The van der Waals surface area contributed by atoms with Gasteiger partial charge in [-0.2, -0.15) is 4.98 Å². The van der Waals surface area contributed by atoms with Gasteiger partial charge in [0.1, 0.15) is 5.52 Å². The van der Waals surface area contributed by atoms with Gasteiger partial charge in [0, 0.05) is 13.1 Å². The number of hydrogen-bond donors (Lipinski definition) is 2. The van der Waals surface area contributed by atoms with E-state index in [0.29, 0.717) is 17.1 Å². The van der Waals surface area contributed by atoms with E-state index in [-0.39, 0.29) is 6.01 Å². The first-order valence-corrected chi connectivity index (χ1v) is 3.09. The minimum atomic E-state index is -0.0706. The molecule has 0 bridgehead atoms. The van der Waals surface area contributed by atoms with Crippen molar-refractivity contribution in [1.29, 1.82) is 0 Å². The number of aromatic nitrogens is 2. The Morgan fingerprint density at radius 1 is 1.73 bits per heavy atom. The number of aromatic hydroxyl groups is 1. The minimum absolute atomic E-state index is 0.0706. The van der Waals surface area contributed by atoms with Crippen LogP contribution >= 0.6 is 0 Å². The average molecular weight is 153 g/mol. The third-order valence-electron chi connectivity index (χ3n) is 1.58. The van der Waals surface area contributed by atoms with Gasteiger partial charge in [-0.3, -0.25) is 4.57 Å². The van der Waals surface area contributed by atoms with E-state index >= 15 is 0 Å². The summed E-state index contributed by atoms with van der Waals surface area (Å²) >= 11 is 0. The molecule has 0 radical (unpaired) electrons. The molecule has 0 unspecified atom stereocenters. The van der Waals surface area contributed by atoms with E-state index in [0.717, 1.165) is 0 Å². The van der Waals surface area contributed by atoms with Crippen molar-refractivity contribution >= 4 is 17.1 Å². The normalized spacial score (nSPS) is 11.0. The van der Waals surface area contributed by atoms with Gasteiger partial charge < -0.3 is 15.3 Å². The lowest BCUT2D eigenvalue weighted by Gasteiger charge is -1.89. The van der Waals surface area contributed by atoms with Gasteiger partial charge in [0.2, 0.25) is 5.71 Å². The molecule has 2 aromatic heterocycles. The van der Waals surface area contributed by atoms with E-state index in [1.54, 1.807) is 13.1 Å². The van der Waals surface area contributed by atoms with Crippen LogP contribution in [0, 0.1) is 0 Å². The van der Waals surface area contributed by atoms with Crippen molar-refractivity contribution in [2.75, 3.05) is 5.73 Å². The van der Waals surface area contributed by atoms with Gasteiger partial charge in [-0.25, -0.2) is 0 Å². The van der Waals surface area contributed by atoms with E-state index in [1.807, 2.05) is 0 Å². The molecule has 2 aromatic rings. The van der Waals surface area contributed by atoms with Crippen LogP contribution < -0.4 is 5.73 Å². The molecular formula is C6H7N3O2. The third-order valence-corrected chi connectivity index (χ3v) is 1.58. The molecule has 0 aliphatic rings. The van der Waals surface area contributed by atoms with Gasteiger partial charge in [-0.15, -0.1) is 0 Å². The van der Waals surface area contributed by atoms with Crippen molar-refractivity contribution < 1.29 is 9.52 Å². The predicted octanol–water partition coefficient (Wildman–Crippen LogP) is 0.454. The highest BCUT2D eigenvalue weighted by molar-refractivity contribution is 5.74. The molecule has 0 aliphatic carbocycles. The van der Waals surface area contributed by atoms with E-state index in [4.69, 9.17) is 15.3 Å². The predicted molar refractivity (Wildman–Crippen MR) is 39.1 cm³/mol. The number of furan rings is 1. The van der Waals surface area contributed by atoms with Crippen molar-refractivity contribution in [3.8, 4) is 6.01 Å². The number of hydrogen-bond acceptors (Lipinski definition) is 4. The molecule has 0 aliphatic heterocycles. The maximum absolute atomic E-state index is 9.07. The second-order valence-electron chi connectivity index (χ2n) is 2.31. The molecule has 2 heterocycles. The van der Waals surface area contributed by atoms with E-state index in [9.17, 15) is 0 Å². The number of rotatable bonds is 0. The highest BCUT2D eigenvalue weighted by atomic mass is 16.4. The summed E-state index contributed by atoms with van der Waals surface area (Å²) in [6, 6.07) is 1.54. The van der Waals surface area contributed by atoms with Crippen LogP contribution in [-0.2, 0) is 7.05 Å². The molecule has 0 fully saturated rings. The van der Waals surface area contributed by atoms with Crippen LogP contribution in [0.5, 0.6) is 6.01 Å². The van der Waals surface area contributed by atoms with Gasteiger partial charge in [0.25, 0.3) is 6.01 Å². The molecule has 0 saturated carbocycles. The molecule has 58 valence electrons. The first-order valence-electron chi connectivity index (χ1n) is 3.09. The van der Waals surface area contributed by atoms with Gasteiger partial charge in [-0.05, 0) is 0 Å². The lowest BCUT2D eigenvalue weighted by molar-refractivity contribution is 0.413. The van der Waals surface area contributed by atoms with Crippen LogP contribution in [0.2, 0.25) is 0 Å². The van der Waals surface area contributed by atoms with Gasteiger partial charge in [-0.1, -0.05) is 0 Å². The van der Waals surface area contributed by atoms with Crippen LogP contribution in [0.1, 0.15) is 0 Å². The summed E-state index contributed by atoms with van der Waals surface area (Å²) in [5.41, 5.74) is 6.41. The number of imidazole rings is 1. The number of nitrogen functional groups attached to an aromatic ring is 1. The number of nitrogens with two attached hydrogens (primary N) is 1. The highest BCUT2D eigenvalue weighted by Crippen LogP contribution is 2.23. The second-order valence-corrected chi connectivity index (χ2v) is 2.31. The summed E-state index contributed by atoms with van der Waals surface area (Å²) in [7, 11) is 1.68. The van der Waals surface area contributed by atoms with Crippen molar-refractivity contribution in [2.45, 2.75) is 0 Å². The number of anilines is 1. The van der Waals surface area contributed by atoms with Crippen molar-refractivity contribution in [3.63, 3.8) is 0 Å². The Kier molecular flexibility index (Phi) is 0.934. The Labute approximate surface area is 62.0 Å². The molecule has 0 amide bonds. The first kappa shape index (κ1) is 6.09. The zero-order chi connectivity index (χ0) is 8.01. The Bertz CT molecular complexity index is 401. The number of aryl methyl sites for hydroxylation is 1. The molecular weight excluding hydrogens is 146 g/mol. The molecule has 0 atom stereocenters. The second kappa shape index (κ2) is 1.69. The van der Waals surface area contributed by atoms with Crippen LogP contribution in [0.4, 0.5) is 5.88 Å². The van der Waals surface area contributed by atoms with Gasteiger partial charge >= 0.3 is 0 Å². The summed E-state index contributed by atoms with van der Waals surface area (Å²) in [5, 5.41) is 9.07. The summed E-state index contributed by atoms with van der Waals surface area (Å²) < 4.78 is 6.45. The van der Waals surface area contributed by atoms with E-state index in [2.05, 4.69) is 4.98 Å². The highest BCUT2D eigenvalue weighted by Gasteiger charge is 2.09. The first-order chi connectivity index (χ1) is 5.18. The summed E-state index contributed by atoms with van der Waals surface area (Å²) in [5.74, 6) is 0.304. The minimum Gasteiger partial charge on any atom is -0.480 e. The van der Waals surface area contributed by atoms with E-state index in [1.165, 1.54) is 4.57 Å². The van der Waals surface area contributed by atoms with Crippen molar-refractivity contribution in [2.24, 2.45) is 7.05 Å². The lowest BCUT2D eigenvalue weighted by Crippen LogP contribution is -1.85. The molecule has 5 nitrogen and oxygen atoms in total. The fourth-order valence-electron chi connectivity index (χ4n) is 0.984. The third kappa shape index (κ3) is 0.674. The van der Waals surface area contributed by atoms with Crippen molar-refractivity contribution in [1.82, 2.24) is 9.55 Å². The fourth-order valence-corrected chi connectivity index (χ4v) is 0.984. The van der Waals surface area contributed by atoms with Crippen LogP contribution in [0.25, 0.3) is 11.2 Å². The summed E-state index contributed by atoms with van der Waals surface area (Å²) in [4.78, 5) is 3.71. The number of fused-ring (bicyclic) bond motifs is 1. The summed E-state index contributed by atoms with van der Waals surface area (Å²) in [6.45, 7) is 0. The number of nitrogens with zero attached hydrogens (tertiary/aromatic N) is 2. The van der Waals surface area contributed by atoms with Gasteiger partial charge in [0.05, 0.1) is 0 Å². The molecule has 0 saturated heterocycles. The monoisotopic (exact) mass is 153 g/mol. The molecule has 0 aromatic carbocycles. The van der Waals surface area contributed by atoms with E-state index < -0.39 is 0 Å². The van der Waals surface area contributed by atoms with Crippen LogP contribution in [0.3, 0.4) is 0 Å². The maximum Gasteiger partial charge on any atom is 0.297 e. The quantitative estimate of drug-likeness (QED) is 0.576. The standard InChI is InChI=1S/C6H7N3O2/c1-9-3-2-4(7)11-5(3)8-6(9)10/h2H,7H2,1H3,(H,8,10). The maximum atomic E-state index is 9.07. The Hall–Kier alpha value is -1.65. The fraction of sp³-hybridized carbons (Fsp3) is 0.167. The van der Waals surface area contributed by atoms with Gasteiger partial charge in [0.15, 0.2) is 5.88 Å². The smallest absolute Gasteiger partial charge is 0.297 e. The Balaban J connectivity index is 2.88. The van der Waals surface area contributed by atoms with Crippen molar-refractivity contribution in [3.05, 3.63) is 6.07 Å². The molecule has 5 heteroatoms. The summed E-state index contributed by atoms with van der Waals surface area (Å²) in [6.07, 6.45) is 0. The molecule has 0 spiro atoms. The Morgan fingerprint density at radius 2 is 2.45 bits per heavy atom. The average Bonchev–Trinajstić information content (AvgIpc) is 2.37. The Morgan fingerprint density at radius 3 is 3.09 bits per heavy atom. The van der Waals surface area contributed by atoms with Crippen LogP contribution in [0.15, 0.2) is 10.5 Å². The molecule has 11 heavy (non-hydrogen) atoms. The van der Waals surface area contributed by atoms with Crippen LogP contribution in [-0.4, -0.2) is 14.7 Å². The zero-order valence-electron chi connectivity index (χ0n) is 5.90. The molecule has 2 rings (SSSR count). The zero-order valence-corrected chi connectivity index (χ0v) is 5.90.